The lowest BCUT2D eigenvalue weighted by Crippen LogP contribution is -2.51. The van der Waals surface area contributed by atoms with Gasteiger partial charge in [0.25, 0.3) is 0 Å². The Labute approximate surface area is 140 Å². The minimum absolute atomic E-state index is 0. The molecule has 21 heavy (non-hydrogen) atoms. The third-order valence-corrected chi connectivity index (χ3v) is 5.34. The first kappa shape index (κ1) is 19.0. The topological polar surface area (TPSA) is 44.4 Å². The van der Waals surface area contributed by atoms with E-state index < -0.39 is 0 Å². The Kier molecular flexibility index (Phi) is 7.75. The van der Waals surface area contributed by atoms with Crippen molar-refractivity contribution in [1.29, 1.82) is 0 Å². The van der Waals surface area contributed by atoms with Crippen molar-refractivity contribution in [1.82, 2.24) is 15.5 Å². The van der Waals surface area contributed by atoms with Crippen molar-refractivity contribution in [2.24, 2.45) is 11.8 Å². The summed E-state index contributed by atoms with van der Waals surface area (Å²) in [7, 11) is 0. The molecule has 1 aliphatic carbocycles. The molecular formula is C15H29Cl2N3O. The van der Waals surface area contributed by atoms with Gasteiger partial charge in [0, 0.05) is 31.1 Å². The number of carbonyl (C=O) groups excluding carboxylic acids is 1. The van der Waals surface area contributed by atoms with Gasteiger partial charge in [-0.2, -0.15) is 0 Å². The summed E-state index contributed by atoms with van der Waals surface area (Å²) in [5, 5.41) is 6.52. The predicted molar refractivity (Wildman–Crippen MR) is 90.4 cm³/mol. The molecule has 2 atom stereocenters. The van der Waals surface area contributed by atoms with Crippen LogP contribution in [0.15, 0.2) is 0 Å². The van der Waals surface area contributed by atoms with E-state index >= 15 is 0 Å². The van der Waals surface area contributed by atoms with Crippen molar-refractivity contribution in [2.45, 2.75) is 51.1 Å². The molecule has 2 aliphatic heterocycles. The first-order chi connectivity index (χ1) is 9.24. The molecule has 2 saturated heterocycles. The molecule has 1 saturated carbocycles. The van der Waals surface area contributed by atoms with Crippen LogP contribution in [0.4, 0.5) is 0 Å². The number of amides is 1. The predicted octanol–water partition coefficient (Wildman–Crippen LogP) is 1.82. The monoisotopic (exact) mass is 337 g/mol. The molecule has 0 aromatic heterocycles. The van der Waals surface area contributed by atoms with Gasteiger partial charge in [-0.15, -0.1) is 24.8 Å². The molecule has 3 aliphatic rings. The van der Waals surface area contributed by atoms with Gasteiger partial charge in [0.15, 0.2) is 0 Å². The number of nitrogens with zero attached hydrogens (tertiary/aromatic N) is 1. The highest BCUT2D eigenvalue weighted by molar-refractivity contribution is 5.85. The molecule has 124 valence electrons. The van der Waals surface area contributed by atoms with Gasteiger partial charge >= 0.3 is 0 Å². The maximum atomic E-state index is 12.2. The quantitative estimate of drug-likeness (QED) is 0.822. The molecule has 3 fully saturated rings. The van der Waals surface area contributed by atoms with E-state index in [0.717, 1.165) is 32.1 Å². The average molecular weight is 338 g/mol. The summed E-state index contributed by atoms with van der Waals surface area (Å²) in [5.41, 5.74) is 0. The lowest BCUT2D eigenvalue weighted by molar-refractivity contribution is -0.127. The van der Waals surface area contributed by atoms with Gasteiger partial charge in [-0.1, -0.05) is 19.8 Å². The largest absolute Gasteiger partial charge is 0.352 e. The molecule has 0 radical (unpaired) electrons. The molecule has 2 N–H and O–H groups in total. The Bertz CT molecular complexity index is 333. The Morgan fingerprint density at radius 1 is 1.19 bits per heavy atom. The maximum absolute atomic E-state index is 12.2. The van der Waals surface area contributed by atoms with Crippen molar-refractivity contribution in [3.63, 3.8) is 0 Å². The molecule has 4 nitrogen and oxygen atoms in total. The van der Waals surface area contributed by atoms with E-state index in [1.165, 1.54) is 32.2 Å². The van der Waals surface area contributed by atoms with Crippen LogP contribution < -0.4 is 10.6 Å². The molecule has 2 unspecified atom stereocenters. The van der Waals surface area contributed by atoms with Crippen molar-refractivity contribution in [2.75, 3.05) is 26.2 Å². The number of carbonyl (C=O) groups is 1. The molecular weight excluding hydrogens is 309 g/mol. The Hall–Kier alpha value is -0.0300. The minimum Gasteiger partial charge on any atom is -0.352 e. The number of hydrogen-bond donors (Lipinski definition) is 2. The second-order valence-corrected chi connectivity index (χ2v) is 6.63. The highest BCUT2D eigenvalue weighted by Crippen LogP contribution is 2.26. The first-order valence-corrected chi connectivity index (χ1v) is 7.99. The van der Waals surface area contributed by atoms with Crippen LogP contribution in [0.1, 0.15) is 39.0 Å². The van der Waals surface area contributed by atoms with Gasteiger partial charge in [-0.3, -0.25) is 9.69 Å². The van der Waals surface area contributed by atoms with Crippen LogP contribution in [0.2, 0.25) is 0 Å². The van der Waals surface area contributed by atoms with E-state index in [9.17, 15) is 4.79 Å². The van der Waals surface area contributed by atoms with Gasteiger partial charge in [-0.25, -0.2) is 0 Å². The highest BCUT2D eigenvalue weighted by Gasteiger charge is 2.33. The third-order valence-electron chi connectivity index (χ3n) is 5.34. The van der Waals surface area contributed by atoms with Crippen LogP contribution >= 0.6 is 24.8 Å². The summed E-state index contributed by atoms with van der Waals surface area (Å²) in [5.74, 6) is 0.985. The van der Waals surface area contributed by atoms with E-state index in [1.807, 2.05) is 0 Å². The van der Waals surface area contributed by atoms with Gasteiger partial charge in [0.1, 0.15) is 0 Å². The number of rotatable bonds is 4. The molecule has 6 heteroatoms. The number of hydrogen-bond acceptors (Lipinski definition) is 3. The first-order valence-electron chi connectivity index (χ1n) is 7.99. The van der Waals surface area contributed by atoms with Crippen molar-refractivity contribution < 1.29 is 4.79 Å². The highest BCUT2D eigenvalue weighted by atomic mass is 35.5. The van der Waals surface area contributed by atoms with Crippen LogP contribution in [0, 0.1) is 11.8 Å². The second kappa shape index (κ2) is 8.56. The third kappa shape index (κ3) is 4.47. The lowest BCUT2D eigenvalue weighted by Gasteiger charge is -2.32. The van der Waals surface area contributed by atoms with Gasteiger partial charge in [0.2, 0.25) is 5.91 Å². The van der Waals surface area contributed by atoms with E-state index in [4.69, 9.17) is 0 Å². The SMILES string of the molecule is CC(C(=O)NC1CCN(C2CCCC2)C1)C1CNC1.Cl.Cl. The normalized spacial score (nSPS) is 28.3. The summed E-state index contributed by atoms with van der Waals surface area (Å²) >= 11 is 0. The van der Waals surface area contributed by atoms with E-state index in [1.54, 1.807) is 0 Å². The van der Waals surface area contributed by atoms with Crippen LogP contribution in [0.25, 0.3) is 0 Å². The maximum Gasteiger partial charge on any atom is 0.223 e. The number of nitrogens with one attached hydrogen (secondary N) is 2. The summed E-state index contributed by atoms with van der Waals surface area (Å²) in [6.45, 7) is 6.34. The van der Waals surface area contributed by atoms with Crippen LogP contribution in [0.3, 0.4) is 0 Å². The van der Waals surface area contributed by atoms with Gasteiger partial charge in [-0.05, 0) is 38.3 Å². The molecule has 0 spiro atoms. The number of halogens is 2. The van der Waals surface area contributed by atoms with Crippen LogP contribution in [0.5, 0.6) is 0 Å². The molecule has 2 heterocycles. The van der Waals surface area contributed by atoms with Crippen LogP contribution in [-0.2, 0) is 4.79 Å². The summed E-state index contributed by atoms with van der Waals surface area (Å²) in [6.07, 6.45) is 6.65. The zero-order chi connectivity index (χ0) is 13.2. The van der Waals surface area contributed by atoms with E-state index in [2.05, 4.69) is 22.5 Å². The Morgan fingerprint density at radius 3 is 2.43 bits per heavy atom. The fourth-order valence-corrected chi connectivity index (χ4v) is 3.72. The Balaban J connectivity index is 0.00000110. The lowest BCUT2D eigenvalue weighted by atomic mass is 9.88. The standard InChI is InChI=1S/C15H27N3O.2ClH/c1-11(12-8-16-9-12)15(19)17-13-6-7-18(10-13)14-4-2-3-5-14;;/h11-14,16H,2-10H2,1H3,(H,17,19);2*1H. The van der Waals surface area contributed by atoms with Crippen molar-refractivity contribution in [3.8, 4) is 0 Å². The second-order valence-electron chi connectivity index (χ2n) is 6.63. The molecule has 0 aromatic carbocycles. The fourth-order valence-electron chi connectivity index (χ4n) is 3.72. The Morgan fingerprint density at radius 2 is 1.86 bits per heavy atom. The molecule has 1 amide bonds. The van der Waals surface area contributed by atoms with E-state index in [-0.39, 0.29) is 36.6 Å². The molecule has 0 bridgehead atoms. The van der Waals surface area contributed by atoms with Gasteiger partial charge < -0.3 is 10.6 Å². The van der Waals surface area contributed by atoms with Gasteiger partial charge in [0.05, 0.1) is 0 Å². The zero-order valence-corrected chi connectivity index (χ0v) is 14.5. The van der Waals surface area contributed by atoms with Crippen molar-refractivity contribution >= 4 is 30.7 Å². The summed E-state index contributed by atoms with van der Waals surface area (Å²) in [4.78, 5) is 14.8. The number of likely N-dealkylation sites (tertiary alicyclic amines) is 1. The average Bonchev–Trinajstić information content (AvgIpc) is 2.95. The van der Waals surface area contributed by atoms with Crippen LogP contribution in [-0.4, -0.2) is 49.1 Å². The fraction of sp³-hybridized carbons (Fsp3) is 0.933. The van der Waals surface area contributed by atoms with E-state index in [0.29, 0.717) is 12.0 Å². The smallest absolute Gasteiger partial charge is 0.223 e. The molecule has 3 rings (SSSR count). The molecule has 0 aromatic rings. The zero-order valence-electron chi connectivity index (χ0n) is 12.8. The summed E-state index contributed by atoms with van der Waals surface area (Å²) in [6, 6.07) is 1.19. The summed E-state index contributed by atoms with van der Waals surface area (Å²) < 4.78 is 0. The van der Waals surface area contributed by atoms with Crippen molar-refractivity contribution in [3.05, 3.63) is 0 Å². The minimum atomic E-state index is 0.